The largest absolute Gasteiger partial charge is 0.497 e. The predicted octanol–water partition coefficient (Wildman–Crippen LogP) is 3.10. The van der Waals surface area contributed by atoms with Crippen LogP contribution in [0, 0.1) is 6.92 Å². The van der Waals surface area contributed by atoms with Gasteiger partial charge in [0.05, 0.1) is 14.2 Å². The van der Waals surface area contributed by atoms with Crippen molar-refractivity contribution in [2.24, 2.45) is 0 Å². The molecule has 0 atom stereocenters. The Hall–Kier alpha value is -2.78. The first-order valence-corrected chi connectivity index (χ1v) is 12.6. The van der Waals surface area contributed by atoms with Crippen molar-refractivity contribution in [1.82, 2.24) is 14.1 Å². The molecule has 2 aliphatic rings. The lowest BCUT2D eigenvalue weighted by Gasteiger charge is -2.36. The summed E-state index contributed by atoms with van der Waals surface area (Å²) in [7, 11) is -0.787. The van der Waals surface area contributed by atoms with Gasteiger partial charge in [-0.3, -0.25) is 0 Å². The third-order valence-electron chi connectivity index (χ3n) is 6.44. The maximum absolute atomic E-state index is 13.3. The lowest BCUT2D eigenvalue weighted by molar-refractivity contribution is 0.153. The molecule has 2 heterocycles. The van der Waals surface area contributed by atoms with Crippen molar-refractivity contribution in [3.05, 3.63) is 53.6 Å². The zero-order chi connectivity index (χ0) is 23.6. The highest BCUT2D eigenvalue weighted by atomic mass is 32.2. The first-order chi connectivity index (χ1) is 15.8. The third-order valence-corrected chi connectivity index (χ3v) is 8.36. The van der Waals surface area contributed by atoms with E-state index in [9.17, 15) is 13.2 Å². The number of nitrogens with zero attached hydrogens (tertiary/aromatic N) is 3. The number of amides is 2. The summed E-state index contributed by atoms with van der Waals surface area (Å²) in [4.78, 5) is 16.9. The van der Waals surface area contributed by atoms with Crippen LogP contribution in [0.25, 0.3) is 0 Å². The van der Waals surface area contributed by atoms with Crippen LogP contribution in [0.4, 0.5) is 4.79 Å². The zero-order valence-electron chi connectivity index (χ0n) is 19.4. The lowest BCUT2D eigenvalue weighted by atomic mass is 10.1. The van der Waals surface area contributed by atoms with Gasteiger partial charge in [0.15, 0.2) is 0 Å². The molecule has 0 unspecified atom stereocenters. The molecule has 0 radical (unpaired) electrons. The molecule has 33 heavy (non-hydrogen) atoms. The Morgan fingerprint density at radius 2 is 1.73 bits per heavy atom. The van der Waals surface area contributed by atoms with Crippen LogP contribution in [0.1, 0.15) is 24.0 Å². The molecule has 0 bridgehead atoms. The van der Waals surface area contributed by atoms with Gasteiger partial charge in [-0.1, -0.05) is 29.8 Å². The molecule has 2 aliphatic heterocycles. The minimum absolute atomic E-state index is 0.0345. The summed E-state index contributed by atoms with van der Waals surface area (Å²) in [6.07, 6.45) is 1.21. The molecule has 4 rings (SSSR count). The summed E-state index contributed by atoms with van der Waals surface area (Å²) in [5.41, 5.74) is 2.30. The second kappa shape index (κ2) is 9.61. The van der Waals surface area contributed by atoms with Gasteiger partial charge in [-0.2, -0.15) is 4.31 Å². The lowest BCUT2D eigenvalue weighted by Crippen LogP contribution is -2.48. The van der Waals surface area contributed by atoms with Gasteiger partial charge in [0, 0.05) is 44.8 Å². The molecule has 0 aromatic heterocycles. The maximum Gasteiger partial charge on any atom is 0.320 e. The van der Waals surface area contributed by atoms with E-state index in [-0.39, 0.29) is 17.0 Å². The first-order valence-electron chi connectivity index (χ1n) is 11.2. The Labute approximate surface area is 195 Å². The SMILES string of the molecule is COc1ccc(OC)c(S(=O)(=O)N2CCC(N3CCN(Cc4cccc(C)c4)C3=O)CC2)c1. The van der Waals surface area contributed by atoms with Crippen molar-refractivity contribution >= 4 is 16.1 Å². The number of piperidine rings is 1. The molecular weight excluding hydrogens is 442 g/mol. The highest BCUT2D eigenvalue weighted by Gasteiger charge is 2.38. The van der Waals surface area contributed by atoms with Crippen molar-refractivity contribution < 1.29 is 22.7 Å². The molecular formula is C24H31N3O5S. The van der Waals surface area contributed by atoms with Crippen LogP contribution in [-0.2, 0) is 16.6 Å². The van der Waals surface area contributed by atoms with Gasteiger partial charge in [-0.15, -0.1) is 0 Å². The maximum atomic E-state index is 13.3. The summed E-state index contributed by atoms with van der Waals surface area (Å²) in [6, 6.07) is 13.0. The van der Waals surface area contributed by atoms with E-state index in [0.29, 0.717) is 57.1 Å². The summed E-state index contributed by atoms with van der Waals surface area (Å²) >= 11 is 0. The summed E-state index contributed by atoms with van der Waals surface area (Å²) in [5, 5.41) is 0. The molecule has 0 saturated carbocycles. The van der Waals surface area contributed by atoms with E-state index in [1.165, 1.54) is 30.2 Å². The fraction of sp³-hybridized carbons (Fsp3) is 0.458. The molecule has 2 fully saturated rings. The molecule has 2 saturated heterocycles. The van der Waals surface area contributed by atoms with Gasteiger partial charge in [-0.05, 0) is 37.5 Å². The fourth-order valence-corrected chi connectivity index (χ4v) is 6.28. The monoisotopic (exact) mass is 473 g/mol. The second-order valence-electron chi connectivity index (χ2n) is 8.54. The smallest absolute Gasteiger partial charge is 0.320 e. The highest BCUT2D eigenvalue weighted by Crippen LogP contribution is 2.33. The molecule has 0 N–H and O–H groups in total. The topological polar surface area (TPSA) is 79.4 Å². The van der Waals surface area contributed by atoms with Crippen molar-refractivity contribution in [2.75, 3.05) is 40.4 Å². The van der Waals surface area contributed by atoms with Gasteiger partial charge in [0.25, 0.3) is 0 Å². The summed E-state index contributed by atoms with van der Waals surface area (Å²) in [6.45, 7) is 4.71. The second-order valence-corrected chi connectivity index (χ2v) is 10.4. The predicted molar refractivity (Wildman–Crippen MR) is 125 cm³/mol. The molecule has 8 nitrogen and oxygen atoms in total. The van der Waals surface area contributed by atoms with Crippen LogP contribution in [0.5, 0.6) is 11.5 Å². The molecule has 2 aromatic carbocycles. The molecule has 2 aromatic rings. The van der Waals surface area contributed by atoms with Gasteiger partial charge in [-0.25, -0.2) is 13.2 Å². The normalized spacial score (nSPS) is 18.1. The number of hydrogen-bond acceptors (Lipinski definition) is 5. The summed E-state index contributed by atoms with van der Waals surface area (Å²) in [5.74, 6) is 0.750. The molecule has 0 aliphatic carbocycles. The number of rotatable bonds is 7. The minimum Gasteiger partial charge on any atom is -0.497 e. The van der Waals surface area contributed by atoms with Gasteiger partial charge >= 0.3 is 6.03 Å². The Morgan fingerprint density at radius 3 is 2.39 bits per heavy atom. The number of carbonyl (C=O) groups excluding carboxylic acids is 1. The van der Waals surface area contributed by atoms with E-state index in [0.717, 1.165) is 5.56 Å². The van der Waals surface area contributed by atoms with Crippen molar-refractivity contribution in [2.45, 2.75) is 37.2 Å². The Bertz CT molecular complexity index is 1110. The Kier molecular flexibility index (Phi) is 6.81. The van der Waals surface area contributed by atoms with Crippen LogP contribution in [0.3, 0.4) is 0 Å². The molecule has 2 amide bonds. The van der Waals surface area contributed by atoms with Crippen LogP contribution in [0.15, 0.2) is 47.4 Å². The van der Waals surface area contributed by atoms with E-state index in [1.807, 2.05) is 34.9 Å². The van der Waals surface area contributed by atoms with Crippen LogP contribution < -0.4 is 9.47 Å². The first kappa shape index (κ1) is 23.4. The van der Waals surface area contributed by atoms with Gasteiger partial charge in [0.1, 0.15) is 16.4 Å². The third kappa shape index (κ3) is 4.79. The quantitative estimate of drug-likeness (QED) is 0.617. The summed E-state index contributed by atoms with van der Waals surface area (Å²) < 4.78 is 38.6. The minimum atomic E-state index is -3.74. The van der Waals surface area contributed by atoms with E-state index < -0.39 is 10.0 Å². The number of ether oxygens (including phenoxy) is 2. The average Bonchev–Trinajstić information content (AvgIpc) is 3.18. The average molecular weight is 474 g/mol. The number of benzene rings is 2. The molecule has 9 heteroatoms. The Balaban J connectivity index is 1.40. The van der Waals surface area contributed by atoms with Crippen LogP contribution >= 0.6 is 0 Å². The number of sulfonamides is 1. The van der Waals surface area contributed by atoms with Crippen molar-refractivity contribution in [1.29, 1.82) is 0 Å². The number of methoxy groups -OCH3 is 2. The van der Waals surface area contributed by atoms with Crippen LogP contribution in [-0.4, -0.2) is 75.0 Å². The highest BCUT2D eigenvalue weighted by molar-refractivity contribution is 7.89. The standard InChI is InChI=1S/C24H31N3O5S/c1-18-5-4-6-19(15-18)17-25-13-14-27(24(25)28)20-9-11-26(12-10-20)33(29,30)23-16-21(31-2)7-8-22(23)32-3/h4-8,15-16,20H,9-14,17H2,1-3H3. The number of aryl methyl sites for hydroxylation is 1. The molecule has 0 spiro atoms. The van der Waals surface area contributed by atoms with Gasteiger partial charge < -0.3 is 19.3 Å². The van der Waals surface area contributed by atoms with E-state index >= 15 is 0 Å². The number of hydrogen-bond donors (Lipinski definition) is 0. The van der Waals surface area contributed by atoms with E-state index in [2.05, 4.69) is 6.07 Å². The number of carbonyl (C=O) groups is 1. The van der Waals surface area contributed by atoms with Crippen molar-refractivity contribution in [3.63, 3.8) is 0 Å². The van der Waals surface area contributed by atoms with Crippen LogP contribution in [0.2, 0.25) is 0 Å². The fourth-order valence-electron chi connectivity index (χ4n) is 4.64. The van der Waals surface area contributed by atoms with Crippen molar-refractivity contribution in [3.8, 4) is 11.5 Å². The zero-order valence-corrected chi connectivity index (χ0v) is 20.2. The molecule has 178 valence electrons. The Morgan fingerprint density at radius 1 is 0.970 bits per heavy atom. The van der Waals surface area contributed by atoms with Gasteiger partial charge in [0.2, 0.25) is 10.0 Å². The van der Waals surface area contributed by atoms with E-state index in [4.69, 9.17) is 9.47 Å². The number of urea groups is 1. The van der Waals surface area contributed by atoms with E-state index in [1.54, 1.807) is 12.1 Å².